The van der Waals surface area contributed by atoms with Crippen molar-refractivity contribution in [3.05, 3.63) is 86.5 Å². The Morgan fingerprint density at radius 3 is 2.55 bits per heavy atom. The highest BCUT2D eigenvalue weighted by atomic mass is 79.9. The first-order valence-corrected chi connectivity index (χ1v) is 18.3. The Morgan fingerprint density at radius 2 is 1.80 bits per heavy atom. The number of halogens is 2. The van der Waals surface area contributed by atoms with Crippen LogP contribution in [0.3, 0.4) is 0 Å². The lowest BCUT2D eigenvalue weighted by atomic mass is 9.89. The number of aromatic nitrogens is 4. The van der Waals surface area contributed by atoms with E-state index in [2.05, 4.69) is 40.5 Å². The molecule has 3 aromatic heterocycles. The second-order valence-electron chi connectivity index (χ2n) is 12.8. The average Bonchev–Trinajstić information content (AvgIpc) is 3.55. The number of rotatable bonds is 8. The minimum absolute atomic E-state index is 0.0607. The van der Waals surface area contributed by atoms with E-state index >= 15 is 0 Å². The van der Waals surface area contributed by atoms with Gasteiger partial charge in [-0.05, 0) is 80.6 Å². The van der Waals surface area contributed by atoms with Crippen molar-refractivity contribution < 1.29 is 14.7 Å². The largest absolute Gasteiger partial charge is 0.388 e. The molecule has 0 aliphatic carbocycles. The van der Waals surface area contributed by atoms with E-state index < -0.39 is 5.60 Å². The minimum Gasteiger partial charge on any atom is -0.388 e. The molecule has 5 aromatic rings. The van der Waals surface area contributed by atoms with Crippen molar-refractivity contribution in [3.8, 4) is 11.3 Å². The molecule has 2 aromatic carbocycles. The molecule has 14 heteroatoms. The van der Waals surface area contributed by atoms with E-state index in [1.165, 1.54) is 10.9 Å². The van der Waals surface area contributed by atoms with Crippen LogP contribution in [0.15, 0.2) is 70.3 Å². The second-order valence-corrected chi connectivity index (χ2v) is 14.9. The number of carbonyl (C=O) groups is 2. The zero-order chi connectivity index (χ0) is 34.1. The summed E-state index contributed by atoms with van der Waals surface area (Å²) >= 11 is 10.8. The van der Waals surface area contributed by atoms with E-state index in [9.17, 15) is 19.5 Å². The molecule has 0 unspecified atom stereocenters. The molecule has 7 rings (SSSR count). The lowest BCUT2D eigenvalue weighted by molar-refractivity contribution is -0.141. The van der Waals surface area contributed by atoms with Gasteiger partial charge in [0.2, 0.25) is 5.91 Å². The summed E-state index contributed by atoms with van der Waals surface area (Å²) in [6, 6.07) is 14.7. The maximum Gasteiger partial charge on any atom is 0.273 e. The summed E-state index contributed by atoms with van der Waals surface area (Å²) in [5.41, 5.74) is 1.99. The van der Waals surface area contributed by atoms with Crippen molar-refractivity contribution in [1.82, 2.24) is 34.0 Å². The van der Waals surface area contributed by atoms with E-state index in [-0.39, 0.29) is 29.8 Å². The SMILES string of the molecule is O=C(NCCN1CCC(C(=O)N2CCC(O)(Cn3cnc4c(-c5ccc(Br)cc5)nsc4c3=O)CC2)CC1)c1ccc2c(Cl)ccnc2c1. The second kappa shape index (κ2) is 14.2. The summed E-state index contributed by atoms with van der Waals surface area (Å²) in [5, 5.41) is 15.8. The Labute approximate surface area is 300 Å². The molecule has 2 amide bonds. The van der Waals surface area contributed by atoms with E-state index in [1.807, 2.05) is 35.2 Å². The van der Waals surface area contributed by atoms with Gasteiger partial charge >= 0.3 is 0 Å². The fourth-order valence-corrected chi connectivity index (χ4v) is 8.02. The molecule has 0 bridgehead atoms. The highest BCUT2D eigenvalue weighted by Crippen LogP contribution is 2.30. The monoisotopic (exact) mass is 763 g/mol. The van der Waals surface area contributed by atoms with Gasteiger partial charge in [-0.2, -0.15) is 4.37 Å². The lowest BCUT2D eigenvalue weighted by Gasteiger charge is -2.40. The normalized spacial score (nSPS) is 17.1. The molecule has 49 heavy (non-hydrogen) atoms. The topological polar surface area (TPSA) is 134 Å². The predicted molar refractivity (Wildman–Crippen MR) is 194 cm³/mol. The number of nitrogens with zero attached hydrogens (tertiary/aromatic N) is 6. The number of hydrogen-bond donors (Lipinski definition) is 2. The number of likely N-dealkylation sites (tertiary alicyclic amines) is 2. The molecule has 2 aliphatic rings. The first-order valence-electron chi connectivity index (χ1n) is 16.3. The number of nitrogens with one attached hydrogen (secondary N) is 1. The van der Waals surface area contributed by atoms with Crippen LogP contribution in [0.1, 0.15) is 36.0 Å². The third kappa shape index (κ3) is 7.27. The Kier molecular flexibility index (Phi) is 9.80. The number of benzene rings is 2. The molecule has 0 spiro atoms. The van der Waals surface area contributed by atoms with Crippen LogP contribution < -0.4 is 10.9 Å². The van der Waals surface area contributed by atoms with Crippen molar-refractivity contribution in [2.75, 3.05) is 39.3 Å². The van der Waals surface area contributed by atoms with E-state index in [0.29, 0.717) is 71.0 Å². The molecule has 2 N–H and O–H groups in total. The third-order valence-corrected chi connectivity index (χ3v) is 11.3. The number of hydrogen-bond acceptors (Lipinski definition) is 9. The van der Waals surface area contributed by atoms with Crippen LogP contribution in [0.2, 0.25) is 5.02 Å². The Morgan fingerprint density at radius 1 is 1.04 bits per heavy atom. The summed E-state index contributed by atoms with van der Waals surface area (Å²) in [7, 11) is 0. The molecule has 5 heterocycles. The van der Waals surface area contributed by atoms with Crippen LogP contribution in [0.5, 0.6) is 0 Å². The van der Waals surface area contributed by atoms with Crippen LogP contribution in [0.25, 0.3) is 32.4 Å². The fraction of sp³-hybridized carbons (Fsp3) is 0.371. The Hall–Kier alpha value is -3.75. The molecular formula is C35H35BrClN7O4S. The zero-order valence-corrected chi connectivity index (χ0v) is 29.8. The van der Waals surface area contributed by atoms with Crippen LogP contribution in [0.4, 0.5) is 0 Å². The molecule has 254 valence electrons. The highest BCUT2D eigenvalue weighted by Gasteiger charge is 2.37. The summed E-state index contributed by atoms with van der Waals surface area (Å²) in [5.74, 6) is -0.0882. The van der Waals surface area contributed by atoms with Crippen molar-refractivity contribution in [1.29, 1.82) is 0 Å². The van der Waals surface area contributed by atoms with Gasteiger partial charge in [0.15, 0.2) is 0 Å². The van der Waals surface area contributed by atoms with Crippen LogP contribution >= 0.6 is 39.1 Å². The van der Waals surface area contributed by atoms with Gasteiger partial charge in [0.25, 0.3) is 11.5 Å². The number of carbonyl (C=O) groups excluding carboxylic acids is 2. The molecule has 2 aliphatic heterocycles. The van der Waals surface area contributed by atoms with Gasteiger partial charge < -0.3 is 20.2 Å². The first-order chi connectivity index (χ1) is 23.7. The van der Waals surface area contributed by atoms with Crippen molar-refractivity contribution in [2.45, 2.75) is 37.8 Å². The first kappa shape index (κ1) is 33.7. The quantitative estimate of drug-likeness (QED) is 0.226. The van der Waals surface area contributed by atoms with Gasteiger partial charge in [0, 0.05) is 59.3 Å². The molecule has 2 fully saturated rings. The summed E-state index contributed by atoms with van der Waals surface area (Å²) in [6.07, 6.45) is 5.39. The van der Waals surface area contributed by atoms with Gasteiger partial charge in [-0.15, -0.1) is 0 Å². The maximum atomic E-state index is 13.4. The van der Waals surface area contributed by atoms with Crippen molar-refractivity contribution >= 4 is 72.0 Å². The van der Waals surface area contributed by atoms with E-state index in [1.54, 1.807) is 24.4 Å². The maximum absolute atomic E-state index is 13.4. The summed E-state index contributed by atoms with van der Waals surface area (Å²) in [6.45, 7) is 3.76. The van der Waals surface area contributed by atoms with Crippen LogP contribution in [-0.2, 0) is 11.3 Å². The number of aliphatic hydroxyl groups is 1. The van der Waals surface area contributed by atoms with Gasteiger partial charge in [0.1, 0.15) is 15.9 Å². The van der Waals surface area contributed by atoms with Crippen LogP contribution in [-0.4, -0.2) is 90.5 Å². The van der Waals surface area contributed by atoms with Gasteiger partial charge in [0.05, 0.1) is 29.0 Å². The number of pyridine rings is 1. The minimum atomic E-state index is -1.11. The molecule has 0 saturated carbocycles. The lowest BCUT2D eigenvalue weighted by Crippen LogP contribution is -2.52. The third-order valence-electron chi connectivity index (χ3n) is 9.64. The molecule has 11 nitrogen and oxygen atoms in total. The molecular weight excluding hydrogens is 730 g/mol. The van der Waals surface area contributed by atoms with E-state index in [4.69, 9.17) is 11.6 Å². The predicted octanol–water partition coefficient (Wildman–Crippen LogP) is 4.98. The molecule has 0 radical (unpaired) electrons. The van der Waals surface area contributed by atoms with Gasteiger partial charge in [-0.3, -0.25) is 23.9 Å². The standard InChI is InChI=1S/C35H35BrClN7O4S/c36-25-4-1-22(2-5-25)29-30-31(49-41-29)34(47)44(21-40-30)20-35(48)10-16-43(17-11-35)33(46)23-8-14-42(15-9-23)18-13-39-32(45)24-3-6-26-27(37)7-12-38-28(26)19-24/h1-7,12,19,21,23,48H,8-11,13-18,20H2,(H,39,45). The van der Waals surface area contributed by atoms with E-state index in [0.717, 1.165) is 52.9 Å². The van der Waals surface area contributed by atoms with Gasteiger partial charge in [-0.25, -0.2) is 4.98 Å². The summed E-state index contributed by atoms with van der Waals surface area (Å²) in [4.78, 5) is 52.5. The van der Waals surface area contributed by atoms with Crippen molar-refractivity contribution in [2.24, 2.45) is 5.92 Å². The van der Waals surface area contributed by atoms with Gasteiger partial charge in [-0.1, -0.05) is 45.7 Å². The molecule has 2 saturated heterocycles. The smallest absolute Gasteiger partial charge is 0.273 e. The Balaban J connectivity index is 0.870. The van der Waals surface area contributed by atoms with Crippen molar-refractivity contribution in [3.63, 3.8) is 0 Å². The summed E-state index contributed by atoms with van der Waals surface area (Å²) < 4.78 is 7.38. The van der Waals surface area contributed by atoms with Crippen LogP contribution in [0, 0.1) is 5.92 Å². The average molecular weight is 765 g/mol. The Bertz CT molecular complexity index is 2070. The number of fused-ring (bicyclic) bond motifs is 2. The zero-order valence-electron chi connectivity index (χ0n) is 26.6. The highest BCUT2D eigenvalue weighted by molar-refractivity contribution is 9.10. The molecule has 0 atom stereocenters. The number of amides is 2. The number of piperidine rings is 2. The fourth-order valence-electron chi connectivity index (χ4n) is 6.73.